The lowest BCUT2D eigenvalue weighted by atomic mass is 9.92. The van der Waals surface area contributed by atoms with Crippen LogP contribution in [0.4, 0.5) is 0 Å². The van der Waals surface area contributed by atoms with Gasteiger partial charge in [0, 0.05) is 22.9 Å². The van der Waals surface area contributed by atoms with Crippen molar-refractivity contribution in [1.29, 1.82) is 0 Å². The second-order valence-corrected chi connectivity index (χ2v) is 7.61. The smallest absolute Gasteiger partial charge is 0.241 e. The molecule has 0 aliphatic carbocycles. The van der Waals surface area contributed by atoms with Gasteiger partial charge in [0.1, 0.15) is 0 Å². The van der Waals surface area contributed by atoms with E-state index in [4.69, 9.17) is 4.52 Å². The Morgan fingerprint density at radius 1 is 1.40 bits per heavy atom. The maximum atomic E-state index is 5.39. The average Bonchev–Trinajstić information content (AvgIpc) is 2.96. The molecule has 4 nitrogen and oxygen atoms in total. The summed E-state index contributed by atoms with van der Waals surface area (Å²) >= 11 is 5.06. The van der Waals surface area contributed by atoms with E-state index < -0.39 is 0 Å². The number of halogens is 1. The van der Waals surface area contributed by atoms with Gasteiger partial charge >= 0.3 is 0 Å². The molecule has 3 rings (SSSR count). The molecule has 108 valence electrons. The van der Waals surface area contributed by atoms with Gasteiger partial charge in [0.15, 0.2) is 0 Å². The SMILES string of the molecule is C[C@@H]1C[C@@H](C)CN(Cc2nc(-c3cc(Br)cs3)no2)C1. The minimum atomic E-state index is 0.689. The average molecular weight is 356 g/mol. The fourth-order valence-electron chi connectivity index (χ4n) is 2.96. The zero-order valence-corrected chi connectivity index (χ0v) is 14.1. The lowest BCUT2D eigenvalue weighted by Crippen LogP contribution is -2.38. The molecule has 0 N–H and O–H groups in total. The zero-order valence-electron chi connectivity index (χ0n) is 11.7. The molecule has 0 unspecified atom stereocenters. The van der Waals surface area contributed by atoms with Gasteiger partial charge in [-0.1, -0.05) is 19.0 Å². The van der Waals surface area contributed by atoms with Gasteiger partial charge in [0.2, 0.25) is 11.7 Å². The quantitative estimate of drug-likeness (QED) is 0.833. The van der Waals surface area contributed by atoms with Gasteiger partial charge < -0.3 is 4.52 Å². The van der Waals surface area contributed by atoms with E-state index in [1.54, 1.807) is 11.3 Å². The van der Waals surface area contributed by atoms with Gasteiger partial charge in [0.25, 0.3) is 0 Å². The van der Waals surface area contributed by atoms with Crippen molar-refractivity contribution in [3.05, 3.63) is 21.8 Å². The first-order chi connectivity index (χ1) is 9.60. The molecule has 0 aromatic carbocycles. The standard InChI is InChI=1S/C14H18BrN3OS/c1-9-3-10(2)6-18(5-9)7-13-16-14(17-19-13)12-4-11(15)8-20-12/h4,8-10H,3,5-7H2,1-2H3/t9-,10-/m1/s1. The highest BCUT2D eigenvalue weighted by Gasteiger charge is 2.23. The molecular weight excluding hydrogens is 338 g/mol. The minimum Gasteiger partial charge on any atom is -0.338 e. The lowest BCUT2D eigenvalue weighted by Gasteiger charge is -2.33. The van der Waals surface area contributed by atoms with Gasteiger partial charge in [-0.25, -0.2) is 0 Å². The molecule has 3 heterocycles. The Hall–Kier alpha value is -0.720. The van der Waals surface area contributed by atoms with Crippen molar-refractivity contribution >= 4 is 27.3 Å². The molecule has 1 saturated heterocycles. The molecule has 2 atom stereocenters. The van der Waals surface area contributed by atoms with Crippen LogP contribution in [0.1, 0.15) is 26.2 Å². The van der Waals surface area contributed by atoms with Crippen LogP contribution in [0.5, 0.6) is 0 Å². The largest absolute Gasteiger partial charge is 0.338 e. The van der Waals surface area contributed by atoms with Crippen molar-refractivity contribution < 1.29 is 4.52 Å². The molecule has 0 amide bonds. The van der Waals surface area contributed by atoms with Crippen LogP contribution in [-0.2, 0) is 6.54 Å². The Bertz CT molecular complexity index is 572. The summed E-state index contributed by atoms with van der Waals surface area (Å²) in [5, 5.41) is 6.11. The van der Waals surface area contributed by atoms with E-state index >= 15 is 0 Å². The molecule has 0 radical (unpaired) electrons. The third-order valence-electron chi connectivity index (χ3n) is 3.56. The van der Waals surface area contributed by atoms with Crippen LogP contribution in [0.15, 0.2) is 20.4 Å². The second kappa shape index (κ2) is 5.95. The van der Waals surface area contributed by atoms with E-state index in [-0.39, 0.29) is 0 Å². The Morgan fingerprint density at radius 3 is 2.80 bits per heavy atom. The van der Waals surface area contributed by atoms with E-state index in [2.05, 4.69) is 44.8 Å². The van der Waals surface area contributed by atoms with Crippen molar-refractivity contribution in [2.24, 2.45) is 11.8 Å². The fraction of sp³-hybridized carbons (Fsp3) is 0.571. The molecule has 1 aliphatic heterocycles. The normalized spacial score (nSPS) is 24.1. The third kappa shape index (κ3) is 3.30. The summed E-state index contributed by atoms with van der Waals surface area (Å²) in [6, 6.07) is 2.02. The molecule has 1 fully saturated rings. The maximum Gasteiger partial charge on any atom is 0.241 e. The molecule has 2 aromatic heterocycles. The fourth-order valence-corrected chi connectivity index (χ4v) is 4.31. The van der Waals surface area contributed by atoms with E-state index in [0.717, 1.165) is 40.8 Å². The Kier molecular flexibility index (Phi) is 4.23. The molecule has 20 heavy (non-hydrogen) atoms. The van der Waals surface area contributed by atoms with Crippen LogP contribution in [0.2, 0.25) is 0 Å². The van der Waals surface area contributed by atoms with Crippen LogP contribution in [0.3, 0.4) is 0 Å². The van der Waals surface area contributed by atoms with Crippen LogP contribution < -0.4 is 0 Å². The number of piperidine rings is 1. The van der Waals surface area contributed by atoms with Crippen LogP contribution in [0, 0.1) is 11.8 Å². The van der Waals surface area contributed by atoms with Gasteiger partial charge in [-0.05, 0) is 40.3 Å². The number of nitrogens with zero attached hydrogens (tertiary/aromatic N) is 3. The molecule has 0 saturated carbocycles. The molecule has 0 spiro atoms. The Labute approximate surface area is 131 Å². The monoisotopic (exact) mass is 355 g/mol. The number of hydrogen-bond acceptors (Lipinski definition) is 5. The highest BCUT2D eigenvalue weighted by molar-refractivity contribution is 9.10. The summed E-state index contributed by atoms with van der Waals surface area (Å²) in [6.07, 6.45) is 1.31. The summed E-state index contributed by atoms with van der Waals surface area (Å²) in [6.45, 7) is 7.61. The number of thiophene rings is 1. The summed E-state index contributed by atoms with van der Waals surface area (Å²) < 4.78 is 6.45. The molecular formula is C14H18BrN3OS. The first-order valence-corrected chi connectivity index (χ1v) is 8.56. The summed E-state index contributed by atoms with van der Waals surface area (Å²) in [4.78, 5) is 7.96. The molecule has 0 bridgehead atoms. The lowest BCUT2D eigenvalue weighted by molar-refractivity contribution is 0.121. The highest BCUT2D eigenvalue weighted by Crippen LogP contribution is 2.28. The Morgan fingerprint density at radius 2 is 2.15 bits per heavy atom. The van der Waals surface area contributed by atoms with Crippen molar-refractivity contribution in [2.45, 2.75) is 26.8 Å². The van der Waals surface area contributed by atoms with Gasteiger partial charge in [-0.3, -0.25) is 4.90 Å². The number of hydrogen-bond donors (Lipinski definition) is 0. The molecule has 1 aliphatic rings. The molecule has 2 aromatic rings. The van der Waals surface area contributed by atoms with Gasteiger partial charge in [-0.15, -0.1) is 11.3 Å². The zero-order chi connectivity index (χ0) is 14.1. The van der Waals surface area contributed by atoms with Crippen LogP contribution in [-0.4, -0.2) is 28.1 Å². The van der Waals surface area contributed by atoms with E-state index in [0.29, 0.717) is 11.7 Å². The number of aromatic nitrogens is 2. The van der Waals surface area contributed by atoms with Crippen molar-refractivity contribution in [1.82, 2.24) is 15.0 Å². The van der Waals surface area contributed by atoms with E-state index in [9.17, 15) is 0 Å². The van der Waals surface area contributed by atoms with E-state index in [1.165, 1.54) is 6.42 Å². The predicted octanol–water partition coefficient (Wildman–Crippen LogP) is 4.04. The van der Waals surface area contributed by atoms with Crippen LogP contribution in [0.25, 0.3) is 10.7 Å². The second-order valence-electron chi connectivity index (χ2n) is 5.78. The highest BCUT2D eigenvalue weighted by atomic mass is 79.9. The minimum absolute atomic E-state index is 0.689. The Balaban J connectivity index is 1.68. The van der Waals surface area contributed by atoms with Crippen molar-refractivity contribution in [2.75, 3.05) is 13.1 Å². The first-order valence-electron chi connectivity index (χ1n) is 6.89. The summed E-state index contributed by atoms with van der Waals surface area (Å²) in [5.74, 6) is 2.89. The van der Waals surface area contributed by atoms with E-state index in [1.807, 2.05) is 11.4 Å². The summed E-state index contributed by atoms with van der Waals surface area (Å²) in [7, 11) is 0. The number of rotatable bonds is 3. The van der Waals surface area contributed by atoms with Gasteiger partial charge in [-0.2, -0.15) is 4.98 Å². The van der Waals surface area contributed by atoms with Crippen LogP contribution >= 0.6 is 27.3 Å². The molecule has 6 heteroatoms. The third-order valence-corrected chi connectivity index (χ3v) is 5.25. The topological polar surface area (TPSA) is 42.2 Å². The predicted molar refractivity (Wildman–Crippen MR) is 83.5 cm³/mol. The number of likely N-dealkylation sites (tertiary alicyclic amines) is 1. The maximum absolute atomic E-state index is 5.39. The first kappa shape index (κ1) is 14.2. The van der Waals surface area contributed by atoms with Crippen molar-refractivity contribution in [3.8, 4) is 10.7 Å². The van der Waals surface area contributed by atoms with Gasteiger partial charge in [0.05, 0.1) is 11.4 Å². The van der Waals surface area contributed by atoms with Crippen molar-refractivity contribution in [3.63, 3.8) is 0 Å². The summed E-state index contributed by atoms with van der Waals surface area (Å²) in [5.41, 5.74) is 0.